The third-order valence-corrected chi connectivity index (χ3v) is 1.98. The minimum absolute atomic E-state index is 0.0553. The predicted molar refractivity (Wildman–Crippen MR) is 57.7 cm³/mol. The number of carbonyl (C=O) groups excluding carboxylic acids is 3. The van der Waals surface area contributed by atoms with Gasteiger partial charge in [0.25, 0.3) is 0 Å². The Bertz CT molecular complexity index is 259. The monoisotopic (exact) mass is 251 g/mol. The average Bonchev–Trinajstić information content (AvgIpc) is 2.22. The lowest BCUT2D eigenvalue weighted by Gasteiger charge is -2.19. The van der Waals surface area contributed by atoms with Gasteiger partial charge in [-0.3, -0.25) is 9.59 Å². The van der Waals surface area contributed by atoms with E-state index in [4.69, 9.17) is 0 Å². The van der Waals surface area contributed by atoms with Gasteiger partial charge in [-0.2, -0.15) is 25.3 Å². The van der Waals surface area contributed by atoms with Crippen LogP contribution in [0.1, 0.15) is 0 Å². The van der Waals surface area contributed by atoms with Gasteiger partial charge in [0.15, 0.2) is 0 Å². The van der Waals surface area contributed by atoms with Crippen LogP contribution in [-0.4, -0.2) is 41.9 Å². The van der Waals surface area contributed by atoms with Gasteiger partial charge in [0.2, 0.25) is 11.8 Å². The second kappa shape index (κ2) is 7.41. The molecule has 0 aromatic carbocycles. The first-order valence-corrected chi connectivity index (χ1v) is 5.26. The van der Waals surface area contributed by atoms with E-state index in [0.717, 1.165) is 0 Å². The van der Waals surface area contributed by atoms with Crippen molar-refractivity contribution < 1.29 is 19.5 Å². The normalized spacial score (nSPS) is 11.6. The van der Waals surface area contributed by atoms with Crippen molar-refractivity contribution >= 4 is 43.0 Å². The van der Waals surface area contributed by atoms with Crippen LogP contribution >= 0.6 is 25.3 Å². The highest BCUT2D eigenvalue weighted by molar-refractivity contribution is 7.81. The number of carboxylic acids is 1. The number of rotatable bonds is 6. The van der Waals surface area contributed by atoms with E-state index in [9.17, 15) is 19.5 Å². The van der Waals surface area contributed by atoms with Crippen molar-refractivity contribution in [3.05, 3.63) is 0 Å². The fourth-order valence-electron chi connectivity index (χ4n) is 0.705. The van der Waals surface area contributed by atoms with Gasteiger partial charge in [-0.15, -0.1) is 0 Å². The van der Waals surface area contributed by atoms with Crippen LogP contribution in [0.2, 0.25) is 0 Å². The highest BCUT2D eigenvalue weighted by atomic mass is 32.1. The number of thiol groups is 2. The Morgan fingerprint density at radius 1 is 1.13 bits per heavy atom. The van der Waals surface area contributed by atoms with Crippen molar-refractivity contribution in [1.82, 2.24) is 10.6 Å². The standard InChI is InChI=1S/C7H12N2O4S2/c10-5(2-14)8-1-4(7(12)13)9-6(11)3-15/h4,14-15H,1-3H2,(H,8,10)(H,9,11)(H,12,13)/p-1. The van der Waals surface area contributed by atoms with E-state index in [2.05, 4.69) is 35.9 Å². The first-order chi connectivity index (χ1) is 7.01. The number of hydrogen-bond acceptors (Lipinski definition) is 6. The van der Waals surface area contributed by atoms with Gasteiger partial charge in [-0.05, 0) is 0 Å². The maximum Gasteiger partial charge on any atom is 0.230 e. The van der Waals surface area contributed by atoms with Crippen molar-refractivity contribution in [3.8, 4) is 0 Å². The average molecular weight is 251 g/mol. The largest absolute Gasteiger partial charge is 0.548 e. The van der Waals surface area contributed by atoms with Crippen molar-refractivity contribution in [2.45, 2.75) is 6.04 Å². The molecule has 0 saturated heterocycles. The van der Waals surface area contributed by atoms with Crippen LogP contribution in [0.5, 0.6) is 0 Å². The number of amides is 2. The van der Waals surface area contributed by atoms with E-state index in [0.29, 0.717) is 0 Å². The molecule has 0 heterocycles. The fourth-order valence-corrected chi connectivity index (χ4v) is 0.908. The quantitative estimate of drug-likeness (QED) is 0.383. The molecule has 8 heteroatoms. The molecule has 0 saturated carbocycles. The second-order valence-corrected chi connectivity index (χ2v) is 3.19. The summed E-state index contributed by atoms with van der Waals surface area (Å²) in [5.41, 5.74) is 0. The minimum Gasteiger partial charge on any atom is -0.548 e. The number of aliphatic carboxylic acids is 1. The molecule has 15 heavy (non-hydrogen) atoms. The van der Waals surface area contributed by atoms with E-state index in [1.807, 2.05) is 0 Å². The number of carboxylic acid groups (broad SMARTS) is 1. The van der Waals surface area contributed by atoms with E-state index < -0.39 is 23.8 Å². The molecule has 0 aliphatic rings. The first kappa shape index (κ1) is 14.1. The summed E-state index contributed by atoms with van der Waals surface area (Å²) in [6.07, 6.45) is 0. The summed E-state index contributed by atoms with van der Waals surface area (Å²) in [6.45, 7) is -0.235. The molecule has 0 fully saturated rings. The van der Waals surface area contributed by atoms with Gasteiger partial charge in [0.05, 0.1) is 23.5 Å². The molecule has 6 nitrogen and oxygen atoms in total. The van der Waals surface area contributed by atoms with Gasteiger partial charge >= 0.3 is 0 Å². The number of hydrogen-bond donors (Lipinski definition) is 4. The van der Waals surface area contributed by atoms with Crippen molar-refractivity contribution in [2.24, 2.45) is 0 Å². The lowest BCUT2D eigenvalue weighted by atomic mass is 10.3. The smallest absolute Gasteiger partial charge is 0.230 e. The zero-order chi connectivity index (χ0) is 11.8. The summed E-state index contributed by atoms with van der Waals surface area (Å²) in [6, 6.07) is -1.26. The Morgan fingerprint density at radius 3 is 2.07 bits per heavy atom. The van der Waals surface area contributed by atoms with E-state index in [1.165, 1.54) is 0 Å². The summed E-state index contributed by atoms with van der Waals surface area (Å²) >= 11 is 7.34. The number of nitrogens with one attached hydrogen (secondary N) is 2. The van der Waals surface area contributed by atoms with Crippen LogP contribution in [0.15, 0.2) is 0 Å². The van der Waals surface area contributed by atoms with E-state index in [1.54, 1.807) is 0 Å². The third kappa shape index (κ3) is 6.24. The van der Waals surface area contributed by atoms with Crippen molar-refractivity contribution in [1.29, 1.82) is 0 Å². The van der Waals surface area contributed by atoms with Crippen LogP contribution in [0.25, 0.3) is 0 Å². The van der Waals surface area contributed by atoms with Gasteiger partial charge < -0.3 is 20.5 Å². The van der Waals surface area contributed by atoms with E-state index in [-0.39, 0.29) is 18.1 Å². The molecule has 86 valence electrons. The lowest BCUT2D eigenvalue weighted by molar-refractivity contribution is -0.308. The third-order valence-electron chi connectivity index (χ3n) is 1.41. The zero-order valence-electron chi connectivity index (χ0n) is 7.73. The molecule has 1 atom stereocenters. The van der Waals surface area contributed by atoms with Crippen molar-refractivity contribution in [2.75, 3.05) is 18.1 Å². The molecule has 0 aromatic rings. The molecule has 2 N–H and O–H groups in total. The summed E-state index contributed by atoms with van der Waals surface area (Å²) in [4.78, 5) is 32.1. The Kier molecular flexibility index (Phi) is 6.97. The van der Waals surface area contributed by atoms with Gasteiger partial charge in [0, 0.05) is 6.54 Å². The predicted octanol–water partition coefficient (Wildman–Crippen LogP) is -2.80. The summed E-state index contributed by atoms with van der Waals surface area (Å²) < 4.78 is 0. The van der Waals surface area contributed by atoms with Crippen molar-refractivity contribution in [3.63, 3.8) is 0 Å². The maximum atomic E-state index is 10.8. The highest BCUT2D eigenvalue weighted by Crippen LogP contribution is 1.83. The highest BCUT2D eigenvalue weighted by Gasteiger charge is 2.13. The lowest BCUT2D eigenvalue weighted by Crippen LogP contribution is -2.54. The van der Waals surface area contributed by atoms with Gasteiger partial charge in [-0.1, -0.05) is 0 Å². The molecular weight excluding hydrogens is 240 g/mol. The fraction of sp³-hybridized carbons (Fsp3) is 0.571. The molecule has 1 unspecified atom stereocenters. The minimum atomic E-state index is -1.47. The second-order valence-electron chi connectivity index (χ2n) is 2.56. The molecule has 0 aliphatic carbocycles. The Labute approximate surface area is 97.6 Å². The molecule has 0 radical (unpaired) electrons. The zero-order valence-corrected chi connectivity index (χ0v) is 9.51. The summed E-state index contributed by atoms with van der Waals surface area (Å²) in [7, 11) is 0. The summed E-state index contributed by atoms with van der Waals surface area (Å²) in [5.74, 6) is -2.63. The van der Waals surface area contributed by atoms with Crippen LogP contribution in [0.4, 0.5) is 0 Å². The molecule has 0 bridgehead atoms. The topological polar surface area (TPSA) is 98.3 Å². The first-order valence-electron chi connectivity index (χ1n) is 4.00. The molecule has 2 amide bonds. The molecule has 0 aliphatic heterocycles. The summed E-state index contributed by atoms with van der Waals surface area (Å²) in [5, 5.41) is 14.9. The number of carbonyl (C=O) groups is 3. The van der Waals surface area contributed by atoms with Gasteiger partial charge in [0.1, 0.15) is 0 Å². The van der Waals surface area contributed by atoms with E-state index >= 15 is 0 Å². The maximum absolute atomic E-state index is 10.8. The van der Waals surface area contributed by atoms with Crippen LogP contribution in [-0.2, 0) is 14.4 Å². The Morgan fingerprint density at radius 2 is 1.67 bits per heavy atom. The molecule has 0 spiro atoms. The SMILES string of the molecule is O=C(CS)NCC(NC(=O)CS)C(=O)[O-]. The Hall–Kier alpha value is -0.890. The molecular formula is C7H11N2O4S2-. The molecule has 0 rings (SSSR count). The van der Waals surface area contributed by atoms with Crippen LogP contribution in [0, 0.1) is 0 Å². The van der Waals surface area contributed by atoms with Gasteiger partial charge in [-0.25, -0.2) is 0 Å². The van der Waals surface area contributed by atoms with Crippen LogP contribution < -0.4 is 15.7 Å². The van der Waals surface area contributed by atoms with Crippen LogP contribution in [0.3, 0.4) is 0 Å². The molecule has 0 aromatic heterocycles. The Balaban J connectivity index is 4.11.